The number of carbonyl (C=O) groups is 2. The summed E-state index contributed by atoms with van der Waals surface area (Å²) in [5.74, 6) is 0.255. The zero-order valence-corrected chi connectivity index (χ0v) is 18.3. The van der Waals surface area contributed by atoms with Gasteiger partial charge in [-0.05, 0) is 54.3 Å². The Balaban J connectivity index is 1.35. The number of hydrogen-bond donors (Lipinski definition) is 1. The number of carbonyl (C=O) groups excluding carboxylic acids is 2. The highest BCUT2D eigenvalue weighted by atomic mass is 32.1. The molecule has 1 saturated heterocycles. The van der Waals surface area contributed by atoms with Crippen molar-refractivity contribution >= 4 is 34.7 Å². The second-order valence-electron chi connectivity index (χ2n) is 7.54. The smallest absolute Gasteiger partial charge is 0.355 e. The number of aromatic nitrogens is 1. The fraction of sp³-hybridized carbons (Fsp3) is 0.261. The Bertz CT molecular complexity index is 1100. The Morgan fingerprint density at radius 2 is 1.76 bits per heavy atom. The Morgan fingerprint density at radius 3 is 2.39 bits per heavy atom. The molecule has 172 valence electrons. The van der Waals surface area contributed by atoms with Crippen LogP contribution in [0.3, 0.4) is 0 Å². The van der Waals surface area contributed by atoms with Gasteiger partial charge in [-0.1, -0.05) is 6.07 Å². The van der Waals surface area contributed by atoms with Crippen LogP contribution in [0, 0.1) is 0 Å². The molecule has 0 spiro atoms. The van der Waals surface area contributed by atoms with Crippen LogP contribution in [0.5, 0.6) is 0 Å². The largest absolute Gasteiger partial charge is 0.416 e. The van der Waals surface area contributed by atoms with Crippen LogP contribution in [0.4, 0.5) is 24.7 Å². The number of alkyl halides is 3. The number of thiophene rings is 1. The third-order valence-corrected chi connectivity index (χ3v) is 6.19. The number of anilines is 2. The lowest BCUT2D eigenvalue weighted by molar-refractivity contribution is -0.137. The van der Waals surface area contributed by atoms with Crippen LogP contribution in [0.1, 0.15) is 32.0 Å². The van der Waals surface area contributed by atoms with Gasteiger partial charge in [-0.2, -0.15) is 13.2 Å². The Kier molecular flexibility index (Phi) is 6.64. The van der Waals surface area contributed by atoms with Gasteiger partial charge < -0.3 is 15.1 Å². The summed E-state index contributed by atoms with van der Waals surface area (Å²) in [4.78, 5) is 33.7. The minimum absolute atomic E-state index is 0.188. The Hall–Kier alpha value is -3.40. The SMILES string of the molecule is O=C(Nc1ccc(N2CCCN(C(=O)c3ccc(C(F)(F)F)cc3)CC2)nc1)c1cccs1. The molecule has 0 bridgehead atoms. The fourth-order valence-corrected chi connectivity index (χ4v) is 4.20. The second-order valence-corrected chi connectivity index (χ2v) is 8.49. The molecule has 6 nitrogen and oxygen atoms in total. The predicted molar refractivity (Wildman–Crippen MR) is 121 cm³/mol. The van der Waals surface area contributed by atoms with Gasteiger partial charge in [-0.3, -0.25) is 9.59 Å². The van der Waals surface area contributed by atoms with E-state index in [0.717, 1.165) is 18.0 Å². The lowest BCUT2D eigenvalue weighted by Crippen LogP contribution is -2.35. The zero-order chi connectivity index (χ0) is 23.4. The summed E-state index contributed by atoms with van der Waals surface area (Å²) in [5.41, 5.74) is 0.0497. The van der Waals surface area contributed by atoms with Gasteiger partial charge >= 0.3 is 6.18 Å². The van der Waals surface area contributed by atoms with Crippen molar-refractivity contribution in [3.63, 3.8) is 0 Å². The zero-order valence-electron chi connectivity index (χ0n) is 17.5. The highest BCUT2D eigenvalue weighted by Gasteiger charge is 2.30. The molecule has 0 saturated carbocycles. The first-order chi connectivity index (χ1) is 15.8. The first-order valence-corrected chi connectivity index (χ1v) is 11.2. The van der Waals surface area contributed by atoms with Crippen molar-refractivity contribution in [2.45, 2.75) is 12.6 Å². The molecule has 0 radical (unpaired) electrons. The molecule has 1 N–H and O–H groups in total. The summed E-state index contributed by atoms with van der Waals surface area (Å²) in [6.07, 6.45) is -2.14. The lowest BCUT2D eigenvalue weighted by Gasteiger charge is -2.23. The average molecular weight is 475 g/mol. The van der Waals surface area contributed by atoms with Gasteiger partial charge in [0.2, 0.25) is 0 Å². The maximum atomic E-state index is 12.8. The molecule has 1 aliphatic heterocycles. The van der Waals surface area contributed by atoms with Gasteiger partial charge in [0.15, 0.2) is 0 Å². The third kappa shape index (κ3) is 5.51. The maximum Gasteiger partial charge on any atom is 0.416 e. The van der Waals surface area contributed by atoms with Crippen molar-refractivity contribution in [3.8, 4) is 0 Å². The molecule has 3 heterocycles. The van der Waals surface area contributed by atoms with Crippen molar-refractivity contribution < 1.29 is 22.8 Å². The fourth-order valence-electron chi connectivity index (χ4n) is 3.58. The molecule has 33 heavy (non-hydrogen) atoms. The van der Waals surface area contributed by atoms with Crippen LogP contribution >= 0.6 is 11.3 Å². The van der Waals surface area contributed by atoms with Crippen LogP contribution in [0.2, 0.25) is 0 Å². The van der Waals surface area contributed by atoms with Crippen LogP contribution < -0.4 is 10.2 Å². The summed E-state index contributed by atoms with van der Waals surface area (Å²) in [6.45, 7) is 2.16. The molecule has 1 fully saturated rings. The van der Waals surface area contributed by atoms with E-state index in [1.165, 1.54) is 23.5 Å². The summed E-state index contributed by atoms with van der Waals surface area (Å²) in [6, 6.07) is 11.5. The molecule has 0 aliphatic carbocycles. The molecule has 4 rings (SSSR count). The Labute approximate surface area is 192 Å². The van der Waals surface area contributed by atoms with E-state index >= 15 is 0 Å². The number of hydrogen-bond acceptors (Lipinski definition) is 5. The molecule has 3 aromatic rings. The summed E-state index contributed by atoms with van der Waals surface area (Å²) in [7, 11) is 0. The predicted octanol–water partition coefficient (Wildman–Crippen LogP) is 4.77. The van der Waals surface area contributed by atoms with E-state index in [-0.39, 0.29) is 17.4 Å². The van der Waals surface area contributed by atoms with Gasteiger partial charge in [0.1, 0.15) is 5.82 Å². The maximum absolute atomic E-state index is 12.8. The summed E-state index contributed by atoms with van der Waals surface area (Å²) >= 11 is 1.36. The number of rotatable bonds is 4. The van der Waals surface area contributed by atoms with Gasteiger partial charge in [-0.15, -0.1) is 11.3 Å². The first kappa shape index (κ1) is 22.8. The van der Waals surface area contributed by atoms with E-state index in [4.69, 9.17) is 0 Å². The van der Waals surface area contributed by atoms with Crippen molar-refractivity contribution in [2.75, 3.05) is 36.4 Å². The highest BCUT2D eigenvalue weighted by Crippen LogP contribution is 2.29. The van der Waals surface area contributed by atoms with Gasteiger partial charge in [-0.25, -0.2) is 4.98 Å². The van der Waals surface area contributed by atoms with Crippen LogP contribution in [-0.2, 0) is 6.18 Å². The minimum Gasteiger partial charge on any atom is -0.355 e. The topological polar surface area (TPSA) is 65.5 Å². The van der Waals surface area contributed by atoms with Gasteiger partial charge in [0.05, 0.1) is 22.3 Å². The van der Waals surface area contributed by atoms with Gasteiger partial charge in [0.25, 0.3) is 11.8 Å². The average Bonchev–Trinajstić information content (AvgIpc) is 3.24. The third-order valence-electron chi connectivity index (χ3n) is 5.32. The summed E-state index contributed by atoms with van der Waals surface area (Å²) in [5, 5.41) is 4.64. The molecule has 10 heteroatoms. The van der Waals surface area contributed by atoms with Gasteiger partial charge in [0, 0.05) is 31.7 Å². The number of nitrogens with zero attached hydrogens (tertiary/aromatic N) is 3. The molecular weight excluding hydrogens is 453 g/mol. The van der Waals surface area contributed by atoms with Crippen LogP contribution in [-0.4, -0.2) is 47.9 Å². The highest BCUT2D eigenvalue weighted by molar-refractivity contribution is 7.12. The molecule has 2 aromatic heterocycles. The molecule has 1 aromatic carbocycles. The molecule has 0 atom stereocenters. The monoisotopic (exact) mass is 474 g/mol. The van der Waals surface area contributed by atoms with E-state index in [2.05, 4.69) is 10.3 Å². The number of nitrogens with one attached hydrogen (secondary N) is 1. The van der Waals surface area contributed by atoms with E-state index in [1.54, 1.807) is 23.2 Å². The first-order valence-electron chi connectivity index (χ1n) is 10.3. The van der Waals surface area contributed by atoms with Crippen molar-refractivity contribution in [3.05, 3.63) is 76.1 Å². The lowest BCUT2D eigenvalue weighted by atomic mass is 10.1. The van der Waals surface area contributed by atoms with Crippen LogP contribution in [0.15, 0.2) is 60.1 Å². The van der Waals surface area contributed by atoms with E-state index in [1.807, 2.05) is 22.4 Å². The number of amides is 2. The Morgan fingerprint density at radius 1 is 0.970 bits per heavy atom. The number of benzene rings is 1. The normalized spacial score (nSPS) is 14.6. The number of pyridine rings is 1. The molecular formula is C23H21F3N4O2S. The molecule has 1 aliphatic rings. The van der Waals surface area contributed by atoms with Crippen molar-refractivity contribution in [2.24, 2.45) is 0 Å². The van der Waals surface area contributed by atoms with Crippen LogP contribution in [0.25, 0.3) is 0 Å². The minimum atomic E-state index is -4.43. The summed E-state index contributed by atoms with van der Waals surface area (Å²) < 4.78 is 38.3. The van der Waals surface area contributed by atoms with Crippen molar-refractivity contribution in [1.82, 2.24) is 9.88 Å². The van der Waals surface area contributed by atoms with E-state index in [9.17, 15) is 22.8 Å². The standard InChI is InChI=1S/C23H21F3N4O2S/c24-23(25,26)17-6-4-16(5-7-17)22(32)30-11-2-10-29(12-13-30)20-9-8-18(15-27-20)28-21(31)19-3-1-14-33-19/h1,3-9,14-15H,2,10-13H2,(H,28,31). The number of halogens is 3. The quantitative estimate of drug-likeness (QED) is 0.592. The second kappa shape index (κ2) is 9.62. The van der Waals surface area contributed by atoms with E-state index in [0.29, 0.717) is 43.2 Å². The molecule has 2 amide bonds. The van der Waals surface area contributed by atoms with E-state index < -0.39 is 11.7 Å². The van der Waals surface area contributed by atoms with Crippen molar-refractivity contribution in [1.29, 1.82) is 0 Å². The molecule has 0 unspecified atom stereocenters.